The zero-order chi connectivity index (χ0) is 9.19. The molecule has 0 unspecified atom stereocenters. The van der Waals surface area contributed by atoms with Gasteiger partial charge in [-0.05, 0) is 12.5 Å². The molecule has 1 aromatic carbocycles. The van der Waals surface area contributed by atoms with Gasteiger partial charge in [0.1, 0.15) is 0 Å². The topological polar surface area (TPSA) is 17.1 Å². The molecule has 0 aliphatic rings. The lowest BCUT2D eigenvalue weighted by atomic mass is 10.1. The Balaban J connectivity index is 3.06. The molecule has 0 aromatic heterocycles. The molecule has 0 atom stereocenters. The Kier molecular flexibility index (Phi) is 2.76. The lowest BCUT2D eigenvalue weighted by Crippen LogP contribution is -2.19. The zero-order valence-electron chi connectivity index (χ0n) is 6.55. The van der Waals surface area contributed by atoms with Crippen LogP contribution in [-0.4, -0.2) is 5.78 Å². The van der Waals surface area contributed by atoms with Gasteiger partial charge in [-0.1, -0.05) is 53.5 Å². The van der Waals surface area contributed by atoms with Gasteiger partial charge in [-0.2, -0.15) is 0 Å². The number of ketones is 1. The molecule has 3 heteroatoms. The molecule has 0 fully saturated rings. The van der Waals surface area contributed by atoms with Gasteiger partial charge < -0.3 is 0 Å². The number of rotatable bonds is 2. The van der Waals surface area contributed by atoms with Crippen molar-refractivity contribution in [2.45, 2.75) is 11.3 Å². The highest BCUT2D eigenvalue weighted by molar-refractivity contribution is 6.57. The van der Waals surface area contributed by atoms with E-state index in [1.807, 2.05) is 6.07 Å². The number of carbonyl (C=O) groups is 1. The van der Waals surface area contributed by atoms with Gasteiger partial charge in [0.25, 0.3) is 0 Å². The summed E-state index contributed by atoms with van der Waals surface area (Å²) in [5.41, 5.74) is 0.612. The minimum absolute atomic E-state index is 0.267. The van der Waals surface area contributed by atoms with E-state index in [2.05, 4.69) is 0 Å². The molecular weight excluding hydrogens is 195 g/mol. The van der Waals surface area contributed by atoms with Crippen LogP contribution in [0.3, 0.4) is 0 Å². The number of hydrogen-bond acceptors (Lipinski definition) is 1. The van der Waals surface area contributed by atoms with Crippen LogP contribution < -0.4 is 0 Å². The Morgan fingerprint density at radius 3 is 2.17 bits per heavy atom. The Morgan fingerprint density at radius 1 is 1.25 bits per heavy atom. The van der Waals surface area contributed by atoms with Crippen molar-refractivity contribution in [2.75, 3.05) is 0 Å². The number of benzene rings is 1. The molecule has 0 spiro atoms. The summed E-state index contributed by atoms with van der Waals surface area (Å²) in [5, 5.41) is 0. The van der Waals surface area contributed by atoms with Crippen LogP contribution in [0.1, 0.15) is 12.5 Å². The lowest BCUT2D eigenvalue weighted by Gasteiger charge is -2.15. The zero-order valence-corrected chi connectivity index (χ0v) is 8.06. The van der Waals surface area contributed by atoms with Crippen molar-refractivity contribution < 1.29 is 4.79 Å². The van der Waals surface area contributed by atoms with Crippen molar-refractivity contribution in [3.63, 3.8) is 0 Å². The van der Waals surface area contributed by atoms with E-state index in [1.165, 1.54) is 6.92 Å². The van der Waals surface area contributed by atoms with Crippen LogP contribution in [0, 0.1) is 0 Å². The van der Waals surface area contributed by atoms with Crippen LogP contribution in [0.15, 0.2) is 30.3 Å². The van der Waals surface area contributed by atoms with E-state index >= 15 is 0 Å². The molecule has 1 aromatic rings. The van der Waals surface area contributed by atoms with Gasteiger partial charge in [0.05, 0.1) is 0 Å². The predicted molar refractivity (Wildman–Crippen MR) is 50.5 cm³/mol. The fourth-order valence-electron chi connectivity index (χ4n) is 0.851. The molecule has 1 rings (SSSR count). The van der Waals surface area contributed by atoms with Crippen LogP contribution in [0.5, 0.6) is 0 Å². The molecule has 0 aliphatic carbocycles. The number of carbonyl (C=O) groups excluding carboxylic acids is 1. The standard InChI is InChI=1S/C9H8Cl2O/c1-7(12)9(10,11)8-5-3-2-4-6-8/h2-6H,1H3. The number of halogens is 2. The van der Waals surface area contributed by atoms with E-state index in [0.29, 0.717) is 5.56 Å². The van der Waals surface area contributed by atoms with E-state index < -0.39 is 4.33 Å². The Bertz CT molecular complexity index is 280. The van der Waals surface area contributed by atoms with E-state index in [9.17, 15) is 4.79 Å². The maximum Gasteiger partial charge on any atom is 0.200 e. The molecule has 64 valence electrons. The highest BCUT2D eigenvalue weighted by atomic mass is 35.5. The van der Waals surface area contributed by atoms with Crippen molar-refractivity contribution in [1.29, 1.82) is 0 Å². The summed E-state index contributed by atoms with van der Waals surface area (Å²) in [4.78, 5) is 11.0. The third kappa shape index (κ3) is 1.79. The van der Waals surface area contributed by atoms with Crippen molar-refractivity contribution in [3.8, 4) is 0 Å². The maximum absolute atomic E-state index is 11.0. The lowest BCUT2D eigenvalue weighted by molar-refractivity contribution is -0.117. The number of alkyl halides is 2. The average molecular weight is 203 g/mol. The van der Waals surface area contributed by atoms with Gasteiger partial charge in [-0.15, -0.1) is 0 Å². The highest BCUT2D eigenvalue weighted by Gasteiger charge is 2.31. The van der Waals surface area contributed by atoms with E-state index in [-0.39, 0.29) is 5.78 Å². The summed E-state index contributed by atoms with van der Waals surface area (Å²) in [7, 11) is 0. The first-order valence-electron chi connectivity index (χ1n) is 3.49. The minimum atomic E-state index is -1.40. The second kappa shape index (κ2) is 3.46. The molecule has 0 saturated carbocycles. The van der Waals surface area contributed by atoms with Crippen LogP contribution in [-0.2, 0) is 9.13 Å². The molecule has 0 heterocycles. The first-order valence-corrected chi connectivity index (χ1v) is 4.25. The van der Waals surface area contributed by atoms with Crippen LogP contribution in [0.4, 0.5) is 0 Å². The van der Waals surface area contributed by atoms with Gasteiger partial charge in [-0.25, -0.2) is 0 Å². The minimum Gasteiger partial charge on any atom is -0.296 e. The molecule has 0 radical (unpaired) electrons. The SMILES string of the molecule is CC(=O)C(Cl)(Cl)c1ccccc1. The van der Waals surface area contributed by atoms with E-state index in [1.54, 1.807) is 24.3 Å². The summed E-state index contributed by atoms with van der Waals surface area (Å²) < 4.78 is -1.40. The molecule has 0 saturated heterocycles. The Morgan fingerprint density at radius 2 is 1.75 bits per heavy atom. The van der Waals surface area contributed by atoms with Gasteiger partial charge >= 0.3 is 0 Å². The van der Waals surface area contributed by atoms with Crippen molar-refractivity contribution in [1.82, 2.24) is 0 Å². The molecule has 0 bridgehead atoms. The highest BCUT2D eigenvalue weighted by Crippen LogP contribution is 2.34. The van der Waals surface area contributed by atoms with E-state index in [0.717, 1.165) is 0 Å². The summed E-state index contributed by atoms with van der Waals surface area (Å²) >= 11 is 11.6. The van der Waals surface area contributed by atoms with Crippen LogP contribution >= 0.6 is 23.2 Å². The Labute approximate surface area is 81.3 Å². The molecule has 0 amide bonds. The monoisotopic (exact) mass is 202 g/mol. The van der Waals surface area contributed by atoms with Crippen molar-refractivity contribution in [2.24, 2.45) is 0 Å². The van der Waals surface area contributed by atoms with Gasteiger partial charge in [-0.3, -0.25) is 4.79 Å². The summed E-state index contributed by atoms with van der Waals surface area (Å²) in [5.74, 6) is -0.267. The third-order valence-electron chi connectivity index (χ3n) is 1.58. The van der Waals surface area contributed by atoms with Crippen LogP contribution in [0.25, 0.3) is 0 Å². The fraction of sp³-hybridized carbons (Fsp3) is 0.222. The van der Waals surface area contributed by atoms with Crippen molar-refractivity contribution >= 4 is 29.0 Å². The van der Waals surface area contributed by atoms with Crippen molar-refractivity contribution in [3.05, 3.63) is 35.9 Å². The Hall–Kier alpha value is -0.530. The first kappa shape index (κ1) is 9.56. The fourth-order valence-corrected chi connectivity index (χ4v) is 1.10. The second-order valence-electron chi connectivity index (χ2n) is 2.50. The second-order valence-corrected chi connectivity index (χ2v) is 3.82. The third-order valence-corrected chi connectivity index (χ3v) is 2.55. The molecule has 0 aliphatic heterocycles. The van der Waals surface area contributed by atoms with Crippen LogP contribution in [0.2, 0.25) is 0 Å². The summed E-state index contributed by atoms with van der Waals surface area (Å²) in [6.07, 6.45) is 0. The van der Waals surface area contributed by atoms with Gasteiger partial charge in [0, 0.05) is 0 Å². The van der Waals surface area contributed by atoms with Gasteiger partial charge in [0.2, 0.25) is 0 Å². The first-order chi connectivity index (χ1) is 5.55. The number of Topliss-reactive ketones (excluding diaryl/α,β-unsaturated/α-hetero) is 1. The molecular formula is C9H8Cl2O. The molecule has 12 heavy (non-hydrogen) atoms. The largest absolute Gasteiger partial charge is 0.296 e. The maximum atomic E-state index is 11.0. The molecule has 1 nitrogen and oxygen atoms in total. The summed E-state index contributed by atoms with van der Waals surface area (Å²) in [6, 6.07) is 8.87. The quantitative estimate of drug-likeness (QED) is 0.675. The predicted octanol–water partition coefficient (Wildman–Crippen LogP) is 2.91. The normalized spacial score (nSPS) is 11.2. The summed E-state index contributed by atoms with van der Waals surface area (Å²) in [6.45, 7) is 1.37. The smallest absolute Gasteiger partial charge is 0.200 e. The average Bonchev–Trinajstić information content (AvgIpc) is 2.06. The number of hydrogen-bond donors (Lipinski definition) is 0. The van der Waals surface area contributed by atoms with Gasteiger partial charge in [0.15, 0.2) is 10.1 Å². The van der Waals surface area contributed by atoms with E-state index in [4.69, 9.17) is 23.2 Å². The molecule has 0 N–H and O–H groups in total.